The van der Waals surface area contributed by atoms with Gasteiger partial charge in [-0.3, -0.25) is 0 Å². The standard InChI is InChI=1S/C14H23ClN4/c1-4-16-8-12-7-13(15)14(17-9-12)19-6-5-18(3)11(2)10-19/h7,9,11,16H,4-6,8,10H2,1-3H3. The van der Waals surface area contributed by atoms with Crippen molar-refractivity contribution in [1.82, 2.24) is 15.2 Å². The lowest BCUT2D eigenvalue weighted by molar-refractivity contribution is 0.233. The highest BCUT2D eigenvalue weighted by molar-refractivity contribution is 6.33. The molecule has 0 aliphatic carbocycles. The summed E-state index contributed by atoms with van der Waals surface area (Å²) in [5.41, 5.74) is 1.14. The van der Waals surface area contributed by atoms with Gasteiger partial charge in [0.15, 0.2) is 0 Å². The molecule has 0 spiro atoms. The SMILES string of the molecule is CCNCc1cnc(N2CCN(C)C(C)C2)c(Cl)c1. The third kappa shape index (κ3) is 3.59. The van der Waals surface area contributed by atoms with Crippen LogP contribution in [0.2, 0.25) is 5.02 Å². The number of aromatic nitrogens is 1. The number of pyridine rings is 1. The normalized spacial score (nSPS) is 20.8. The van der Waals surface area contributed by atoms with Crippen molar-refractivity contribution in [2.24, 2.45) is 0 Å². The number of hydrogen-bond donors (Lipinski definition) is 1. The van der Waals surface area contributed by atoms with Crippen molar-refractivity contribution < 1.29 is 0 Å². The van der Waals surface area contributed by atoms with Crippen molar-refractivity contribution in [2.45, 2.75) is 26.4 Å². The van der Waals surface area contributed by atoms with Crippen LogP contribution in [0.15, 0.2) is 12.3 Å². The number of nitrogens with one attached hydrogen (secondary N) is 1. The second kappa shape index (κ2) is 6.55. The Kier molecular flexibility index (Phi) is 5.02. The Hall–Kier alpha value is -0.840. The Balaban J connectivity index is 2.08. The van der Waals surface area contributed by atoms with E-state index in [1.54, 1.807) is 0 Å². The van der Waals surface area contributed by atoms with Gasteiger partial charge in [0.2, 0.25) is 0 Å². The van der Waals surface area contributed by atoms with Crippen molar-refractivity contribution in [3.8, 4) is 0 Å². The fourth-order valence-electron chi connectivity index (χ4n) is 2.31. The summed E-state index contributed by atoms with van der Waals surface area (Å²) in [6.45, 7) is 9.13. The number of rotatable bonds is 4. The average molecular weight is 283 g/mol. The molecule has 2 rings (SSSR count). The molecule has 1 atom stereocenters. The predicted octanol–water partition coefficient (Wildman–Crippen LogP) is 1.98. The summed E-state index contributed by atoms with van der Waals surface area (Å²) in [5, 5.41) is 4.04. The molecular weight excluding hydrogens is 260 g/mol. The van der Waals surface area contributed by atoms with Gasteiger partial charge in [-0.2, -0.15) is 0 Å². The van der Waals surface area contributed by atoms with E-state index in [-0.39, 0.29) is 0 Å². The first-order valence-electron chi connectivity index (χ1n) is 6.92. The Morgan fingerprint density at radius 2 is 2.26 bits per heavy atom. The van der Waals surface area contributed by atoms with E-state index in [0.717, 1.165) is 49.1 Å². The molecule has 1 unspecified atom stereocenters. The van der Waals surface area contributed by atoms with Gasteiger partial charge in [0.1, 0.15) is 5.82 Å². The molecule has 5 heteroatoms. The van der Waals surface area contributed by atoms with Gasteiger partial charge in [0.25, 0.3) is 0 Å². The van der Waals surface area contributed by atoms with Crippen LogP contribution in [-0.4, -0.2) is 49.2 Å². The number of anilines is 1. The summed E-state index contributed by atoms with van der Waals surface area (Å²) in [5.74, 6) is 0.918. The summed E-state index contributed by atoms with van der Waals surface area (Å²) >= 11 is 6.38. The number of piperazine rings is 1. The molecule has 1 saturated heterocycles. The molecule has 0 bridgehead atoms. The average Bonchev–Trinajstić information content (AvgIpc) is 2.40. The van der Waals surface area contributed by atoms with E-state index in [0.29, 0.717) is 6.04 Å². The molecule has 1 aliphatic rings. The van der Waals surface area contributed by atoms with Crippen molar-refractivity contribution in [2.75, 3.05) is 38.1 Å². The Morgan fingerprint density at radius 3 is 2.89 bits per heavy atom. The monoisotopic (exact) mass is 282 g/mol. The minimum Gasteiger partial charge on any atom is -0.353 e. The van der Waals surface area contributed by atoms with E-state index in [4.69, 9.17) is 11.6 Å². The van der Waals surface area contributed by atoms with Gasteiger partial charge in [0, 0.05) is 38.4 Å². The highest BCUT2D eigenvalue weighted by atomic mass is 35.5. The lowest BCUT2D eigenvalue weighted by Gasteiger charge is -2.38. The van der Waals surface area contributed by atoms with Gasteiger partial charge in [0.05, 0.1) is 5.02 Å². The molecule has 1 aromatic rings. The smallest absolute Gasteiger partial charge is 0.147 e. The second-order valence-electron chi connectivity index (χ2n) is 5.20. The molecule has 0 amide bonds. The zero-order chi connectivity index (χ0) is 13.8. The van der Waals surface area contributed by atoms with Gasteiger partial charge < -0.3 is 15.1 Å². The zero-order valence-electron chi connectivity index (χ0n) is 12.0. The van der Waals surface area contributed by atoms with Crippen LogP contribution in [0.4, 0.5) is 5.82 Å². The molecule has 0 saturated carbocycles. The van der Waals surface area contributed by atoms with Crippen LogP contribution in [0.5, 0.6) is 0 Å². The Labute approximate surface area is 120 Å². The van der Waals surface area contributed by atoms with Crippen LogP contribution in [0.3, 0.4) is 0 Å². The van der Waals surface area contributed by atoms with Gasteiger partial charge in [-0.25, -0.2) is 4.98 Å². The van der Waals surface area contributed by atoms with Crippen molar-refractivity contribution >= 4 is 17.4 Å². The number of nitrogens with zero attached hydrogens (tertiary/aromatic N) is 3. The summed E-state index contributed by atoms with van der Waals surface area (Å²) in [4.78, 5) is 9.20. The maximum Gasteiger partial charge on any atom is 0.147 e. The van der Waals surface area contributed by atoms with E-state index >= 15 is 0 Å². The van der Waals surface area contributed by atoms with Gasteiger partial charge in [-0.15, -0.1) is 0 Å². The topological polar surface area (TPSA) is 31.4 Å². The minimum absolute atomic E-state index is 0.535. The van der Waals surface area contributed by atoms with E-state index in [1.807, 2.05) is 12.3 Å². The van der Waals surface area contributed by atoms with Gasteiger partial charge in [-0.05, 0) is 32.1 Å². The fourth-order valence-corrected chi connectivity index (χ4v) is 2.62. The maximum absolute atomic E-state index is 6.38. The molecule has 2 heterocycles. The summed E-state index contributed by atoms with van der Waals surface area (Å²) < 4.78 is 0. The molecule has 19 heavy (non-hydrogen) atoms. The van der Waals surface area contributed by atoms with Crippen LogP contribution >= 0.6 is 11.6 Å². The molecule has 1 N–H and O–H groups in total. The number of halogens is 1. The van der Waals surface area contributed by atoms with Crippen LogP contribution < -0.4 is 10.2 Å². The van der Waals surface area contributed by atoms with Crippen LogP contribution in [0, 0.1) is 0 Å². The van der Waals surface area contributed by atoms with Crippen molar-refractivity contribution in [1.29, 1.82) is 0 Å². The highest BCUT2D eigenvalue weighted by Crippen LogP contribution is 2.26. The first-order chi connectivity index (χ1) is 9.11. The fraction of sp³-hybridized carbons (Fsp3) is 0.643. The molecule has 4 nitrogen and oxygen atoms in total. The number of hydrogen-bond acceptors (Lipinski definition) is 4. The molecule has 1 aromatic heterocycles. The summed E-state index contributed by atoms with van der Waals surface area (Å²) in [7, 11) is 2.16. The second-order valence-corrected chi connectivity index (χ2v) is 5.61. The summed E-state index contributed by atoms with van der Waals surface area (Å²) in [6, 6.07) is 2.56. The zero-order valence-corrected chi connectivity index (χ0v) is 12.7. The third-order valence-corrected chi connectivity index (χ3v) is 3.99. The Morgan fingerprint density at radius 1 is 1.47 bits per heavy atom. The molecule has 1 aliphatic heterocycles. The highest BCUT2D eigenvalue weighted by Gasteiger charge is 2.23. The minimum atomic E-state index is 0.535. The van der Waals surface area contributed by atoms with E-state index < -0.39 is 0 Å². The first kappa shape index (κ1) is 14.6. The van der Waals surface area contributed by atoms with Gasteiger partial charge >= 0.3 is 0 Å². The number of likely N-dealkylation sites (N-methyl/N-ethyl adjacent to an activating group) is 1. The molecule has 0 aromatic carbocycles. The van der Waals surface area contributed by atoms with E-state index in [1.165, 1.54) is 0 Å². The largest absolute Gasteiger partial charge is 0.353 e. The predicted molar refractivity (Wildman–Crippen MR) is 80.9 cm³/mol. The lowest BCUT2D eigenvalue weighted by atomic mass is 10.2. The summed E-state index contributed by atoms with van der Waals surface area (Å²) in [6.07, 6.45) is 1.92. The van der Waals surface area contributed by atoms with E-state index in [9.17, 15) is 0 Å². The molecule has 106 valence electrons. The van der Waals surface area contributed by atoms with Crippen LogP contribution in [0.1, 0.15) is 19.4 Å². The Bertz CT molecular complexity index is 424. The maximum atomic E-state index is 6.38. The quantitative estimate of drug-likeness (QED) is 0.915. The van der Waals surface area contributed by atoms with Gasteiger partial charge in [-0.1, -0.05) is 18.5 Å². The molecule has 1 fully saturated rings. The van der Waals surface area contributed by atoms with Crippen LogP contribution in [-0.2, 0) is 6.54 Å². The van der Waals surface area contributed by atoms with E-state index in [2.05, 4.69) is 41.0 Å². The molecule has 0 radical (unpaired) electrons. The first-order valence-corrected chi connectivity index (χ1v) is 7.30. The third-order valence-electron chi connectivity index (χ3n) is 3.72. The molecular formula is C14H23ClN4. The van der Waals surface area contributed by atoms with Crippen LogP contribution in [0.25, 0.3) is 0 Å². The van der Waals surface area contributed by atoms with Crippen molar-refractivity contribution in [3.63, 3.8) is 0 Å². The lowest BCUT2D eigenvalue weighted by Crippen LogP contribution is -2.50. The van der Waals surface area contributed by atoms with Crippen molar-refractivity contribution in [3.05, 3.63) is 22.8 Å².